The van der Waals surface area contributed by atoms with Crippen molar-refractivity contribution >= 4 is 23.7 Å². The van der Waals surface area contributed by atoms with Gasteiger partial charge in [0.15, 0.2) is 0 Å². The average Bonchev–Trinajstić information content (AvgIpc) is 3.06. The van der Waals surface area contributed by atoms with Crippen LogP contribution in [0.2, 0.25) is 0 Å². The molecule has 1 aliphatic rings. The summed E-state index contributed by atoms with van der Waals surface area (Å²) in [5.74, 6) is 0.218. The van der Waals surface area contributed by atoms with E-state index >= 15 is 0 Å². The summed E-state index contributed by atoms with van der Waals surface area (Å²) in [7, 11) is 0. The molecule has 0 aromatic heterocycles. The summed E-state index contributed by atoms with van der Waals surface area (Å²) in [4.78, 5) is 25.5. The zero-order valence-electron chi connectivity index (χ0n) is 14.7. The lowest BCUT2D eigenvalue weighted by molar-refractivity contribution is -0.128. The number of urea groups is 1. The van der Waals surface area contributed by atoms with E-state index in [-0.39, 0.29) is 11.9 Å². The largest absolute Gasteiger partial charge is 0.338 e. The number of rotatable bonds is 6. The van der Waals surface area contributed by atoms with Crippen molar-refractivity contribution < 1.29 is 9.59 Å². The van der Waals surface area contributed by atoms with Gasteiger partial charge >= 0.3 is 6.03 Å². The van der Waals surface area contributed by atoms with Crippen molar-refractivity contribution in [1.82, 2.24) is 10.2 Å². The maximum Gasteiger partial charge on any atom is 0.319 e. The Morgan fingerprint density at radius 3 is 2.54 bits per heavy atom. The number of nitrogens with one attached hydrogen (secondary N) is 2. The van der Waals surface area contributed by atoms with Crippen LogP contribution in [0, 0.1) is 0 Å². The highest BCUT2D eigenvalue weighted by Crippen LogP contribution is 2.16. The van der Waals surface area contributed by atoms with Crippen LogP contribution >= 0.6 is 0 Å². The van der Waals surface area contributed by atoms with E-state index in [9.17, 15) is 9.59 Å². The molecule has 2 aromatic carbocycles. The van der Waals surface area contributed by atoms with Crippen LogP contribution < -0.4 is 10.6 Å². The van der Waals surface area contributed by atoms with Gasteiger partial charge in [-0.2, -0.15) is 0 Å². The van der Waals surface area contributed by atoms with Crippen molar-refractivity contribution in [1.29, 1.82) is 0 Å². The van der Waals surface area contributed by atoms with Crippen molar-refractivity contribution in [3.8, 4) is 0 Å². The van der Waals surface area contributed by atoms with Crippen LogP contribution in [0.4, 0.5) is 10.5 Å². The number of carbonyl (C=O) groups excluding carboxylic acids is 2. The fourth-order valence-electron chi connectivity index (χ4n) is 2.87. The summed E-state index contributed by atoms with van der Waals surface area (Å²) < 4.78 is 0. The normalized spacial score (nSPS) is 14.0. The van der Waals surface area contributed by atoms with Gasteiger partial charge < -0.3 is 15.5 Å². The number of likely N-dealkylation sites (tertiary alicyclic amines) is 1. The Balaban J connectivity index is 1.42. The number of benzene rings is 2. The molecule has 0 saturated carbocycles. The van der Waals surface area contributed by atoms with Gasteiger partial charge in [0.05, 0.1) is 0 Å². The van der Waals surface area contributed by atoms with E-state index in [0.29, 0.717) is 19.5 Å². The van der Waals surface area contributed by atoms with Gasteiger partial charge in [0.2, 0.25) is 5.91 Å². The predicted molar refractivity (Wildman–Crippen MR) is 104 cm³/mol. The molecular weight excluding hydrogens is 326 g/mol. The minimum atomic E-state index is -0.245. The lowest BCUT2D eigenvalue weighted by Gasteiger charge is -2.15. The van der Waals surface area contributed by atoms with Gasteiger partial charge in [0.25, 0.3) is 0 Å². The summed E-state index contributed by atoms with van der Waals surface area (Å²) in [5.41, 5.74) is 2.89. The first-order valence-electron chi connectivity index (χ1n) is 8.84. The second-order valence-corrected chi connectivity index (χ2v) is 6.26. The molecule has 1 heterocycles. The Morgan fingerprint density at radius 1 is 1.08 bits per heavy atom. The Labute approximate surface area is 153 Å². The summed E-state index contributed by atoms with van der Waals surface area (Å²) >= 11 is 0. The van der Waals surface area contributed by atoms with E-state index in [0.717, 1.165) is 29.8 Å². The Bertz CT molecular complexity index is 770. The van der Waals surface area contributed by atoms with E-state index in [4.69, 9.17) is 0 Å². The molecule has 5 heteroatoms. The van der Waals surface area contributed by atoms with Crippen molar-refractivity contribution in [2.75, 3.05) is 18.4 Å². The molecule has 0 radical (unpaired) electrons. The molecule has 0 aliphatic carbocycles. The van der Waals surface area contributed by atoms with Gasteiger partial charge in [-0.1, -0.05) is 54.6 Å². The van der Waals surface area contributed by atoms with Gasteiger partial charge in [-0.05, 0) is 29.7 Å². The molecule has 1 aliphatic heterocycles. The quantitative estimate of drug-likeness (QED) is 0.836. The topological polar surface area (TPSA) is 61.4 Å². The fourth-order valence-corrected chi connectivity index (χ4v) is 2.87. The molecule has 0 atom stereocenters. The number of anilines is 1. The van der Waals surface area contributed by atoms with Gasteiger partial charge in [-0.25, -0.2) is 4.79 Å². The van der Waals surface area contributed by atoms with E-state index in [1.807, 2.05) is 71.6 Å². The molecule has 0 spiro atoms. The number of amides is 3. The lowest BCUT2D eigenvalue weighted by atomic mass is 10.2. The summed E-state index contributed by atoms with van der Waals surface area (Å²) in [6.07, 6.45) is 5.47. The van der Waals surface area contributed by atoms with Crippen LogP contribution in [0.3, 0.4) is 0 Å². The smallest absolute Gasteiger partial charge is 0.319 e. The van der Waals surface area contributed by atoms with Crippen LogP contribution in [0.1, 0.15) is 24.0 Å². The Hall–Kier alpha value is -3.08. The van der Waals surface area contributed by atoms with E-state index < -0.39 is 0 Å². The molecule has 1 saturated heterocycles. The molecule has 134 valence electrons. The number of carbonyl (C=O) groups is 2. The van der Waals surface area contributed by atoms with E-state index in [2.05, 4.69) is 10.6 Å². The Morgan fingerprint density at radius 2 is 1.85 bits per heavy atom. The zero-order valence-corrected chi connectivity index (χ0v) is 14.7. The van der Waals surface area contributed by atoms with Crippen LogP contribution in [-0.4, -0.2) is 29.9 Å². The number of nitrogens with zero attached hydrogens (tertiary/aromatic N) is 1. The third-order valence-corrected chi connectivity index (χ3v) is 4.25. The molecule has 5 nitrogen and oxygen atoms in total. The number of hydrogen-bond acceptors (Lipinski definition) is 2. The summed E-state index contributed by atoms with van der Waals surface area (Å²) in [6.45, 7) is 1.92. The predicted octanol–water partition coefficient (Wildman–Crippen LogP) is 3.64. The molecular formula is C21H23N3O2. The minimum Gasteiger partial charge on any atom is -0.338 e. The van der Waals surface area contributed by atoms with Gasteiger partial charge in [-0.15, -0.1) is 0 Å². The van der Waals surface area contributed by atoms with Crippen molar-refractivity contribution in [2.45, 2.75) is 19.4 Å². The summed E-state index contributed by atoms with van der Waals surface area (Å²) in [6, 6.07) is 17.3. The first-order valence-corrected chi connectivity index (χ1v) is 8.84. The van der Waals surface area contributed by atoms with Crippen LogP contribution in [0.25, 0.3) is 6.08 Å². The highest BCUT2D eigenvalue weighted by Gasteiger charge is 2.19. The third-order valence-electron chi connectivity index (χ3n) is 4.25. The Kier molecular flexibility index (Phi) is 6.04. The van der Waals surface area contributed by atoms with Crippen LogP contribution in [-0.2, 0) is 11.3 Å². The highest BCUT2D eigenvalue weighted by molar-refractivity contribution is 5.89. The average molecular weight is 349 g/mol. The van der Waals surface area contributed by atoms with E-state index in [1.165, 1.54) is 0 Å². The van der Waals surface area contributed by atoms with Crippen LogP contribution in [0.5, 0.6) is 0 Å². The molecule has 0 bridgehead atoms. The van der Waals surface area contributed by atoms with E-state index in [1.54, 1.807) is 0 Å². The minimum absolute atomic E-state index is 0.218. The fraction of sp³-hybridized carbons (Fsp3) is 0.238. The molecule has 2 aromatic rings. The first kappa shape index (κ1) is 17.7. The first-order chi connectivity index (χ1) is 12.7. The monoisotopic (exact) mass is 349 g/mol. The van der Waals surface area contributed by atoms with Gasteiger partial charge in [-0.3, -0.25) is 4.79 Å². The second kappa shape index (κ2) is 8.85. The van der Waals surface area contributed by atoms with Gasteiger partial charge in [0.1, 0.15) is 0 Å². The van der Waals surface area contributed by atoms with Crippen molar-refractivity contribution in [2.24, 2.45) is 0 Å². The highest BCUT2D eigenvalue weighted by atomic mass is 16.2. The summed E-state index contributed by atoms with van der Waals surface area (Å²) in [5, 5.41) is 5.60. The molecule has 3 amide bonds. The standard InChI is InChI=1S/C21H23N3O2/c25-20-9-5-15-24(20)16-18-10-12-19(13-11-18)23-21(26)22-14-4-8-17-6-2-1-3-7-17/h1-4,6-8,10-13H,5,9,14-16H2,(H2,22,23,26). The molecule has 2 N–H and O–H groups in total. The zero-order chi connectivity index (χ0) is 18.2. The molecule has 3 rings (SSSR count). The van der Waals surface area contributed by atoms with Crippen molar-refractivity contribution in [3.63, 3.8) is 0 Å². The maximum atomic E-state index is 11.9. The van der Waals surface area contributed by atoms with Crippen LogP contribution in [0.15, 0.2) is 60.7 Å². The SMILES string of the molecule is O=C(NCC=Cc1ccccc1)Nc1ccc(CN2CCCC2=O)cc1. The third kappa shape index (κ3) is 5.21. The molecule has 26 heavy (non-hydrogen) atoms. The lowest BCUT2D eigenvalue weighted by Crippen LogP contribution is -2.28. The van der Waals surface area contributed by atoms with Gasteiger partial charge in [0, 0.05) is 31.7 Å². The maximum absolute atomic E-state index is 11.9. The molecule has 0 unspecified atom stereocenters. The van der Waals surface area contributed by atoms with Crippen molar-refractivity contribution in [3.05, 3.63) is 71.8 Å². The second-order valence-electron chi connectivity index (χ2n) is 6.26. The number of hydrogen-bond donors (Lipinski definition) is 2. The molecule has 1 fully saturated rings.